The van der Waals surface area contributed by atoms with Crippen molar-refractivity contribution in [2.75, 3.05) is 14.2 Å². The molecule has 0 spiro atoms. The number of unbranched alkanes of at least 4 members (excludes halogenated alkanes) is 1. The second-order valence-electron chi connectivity index (χ2n) is 8.06. The molecular formula is C24H26F3NO3. The highest BCUT2D eigenvalue weighted by molar-refractivity contribution is 6.14. The Morgan fingerprint density at radius 3 is 2.29 bits per heavy atom. The van der Waals surface area contributed by atoms with Crippen LogP contribution in [-0.2, 0) is 6.54 Å². The Morgan fingerprint density at radius 2 is 1.71 bits per heavy atom. The maximum Gasteiger partial charge on any atom is 0.395 e. The minimum absolute atomic E-state index is 0.0556. The number of methoxy groups -OCH3 is 2. The van der Waals surface area contributed by atoms with E-state index in [1.807, 2.05) is 11.5 Å². The Hall–Kier alpha value is -2.83. The van der Waals surface area contributed by atoms with Crippen LogP contribution in [0, 0.1) is 5.92 Å². The summed E-state index contributed by atoms with van der Waals surface area (Å²) in [5, 5.41) is 12.9. The number of fused-ring (bicyclic) bond motifs is 5. The summed E-state index contributed by atoms with van der Waals surface area (Å²) in [6, 6.07) is 5.14. The number of aryl methyl sites for hydroxylation is 1. The molecule has 2 aromatic carbocycles. The predicted molar refractivity (Wildman–Crippen MR) is 116 cm³/mol. The van der Waals surface area contributed by atoms with E-state index in [1.165, 1.54) is 20.3 Å². The molecular weight excluding hydrogens is 407 g/mol. The van der Waals surface area contributed by atoms with Crippen molar-refractivity contribution in [1.29, 1.82) is 0 Å². The van der Waals surface area contributed by atoms with E-state index in [0.717, 1.165) is 34.7 Å². The van der Waals surface area contributed by atoms with Crippen LogP contribution in [0.5, 0.6) is 17.2 Å². The van der Waals surface area contributed by atoms with Gasteiger partial charge in [0.15, 0.2) is 11.5 Å². The Kier molecular flexibility index (Phi) is 5.31. The Morgan fingerprint density at radius 1 is 1.06 bits per heavy atom. The van der Waals surface area contributed by atoms with E-state index in [2.05, 4.69) is 0 Å². The van der Waals surface area contributed by atoms with Crippen LogP contribution in [0.25, 0.3) is 27.8 Å². The predicted octanol–water partition coefficient (Wildman–Crippen LogP) is 6.63. The van der Waals surface area contributed by atoms with Crippen molar-refractivity contribution in [3.8, 4) is 17.2 Å². The lowest BCUT2D eigenvalue weighted by Crippen LogP contribution is -2.29. The molecule has 1 aliphatic carbocycles. The van der Waals surface area contributed by atoms with E-state index >= 15 is 0 Å². The van der Waals surface area contributed by atoms with Crippen molar-refractivity contribution < 1.29 is 27.8 Å². The summed E-state index contributed by atoms with van der Waals surface area (Å²) < 4.78 is 53.9. The van der Waals surface area contributed by atoms with Gasteiger partial charge in [-0.05, 0) is 23.9 Å². The van der Waals surface area contributed by atoms with E-state index in [4.69, 9.17) is 9.47 Å². The molecule has 166 valence electrons. The number of allylic oxidation sites excluding steroid dienone is 1. The van der Waals surface area contributed by atoms with Crippen LogP contribution in [0.2, 0.25) is 0 Å². The largest absolute Gasteiger partial charge is 0.507 e. The summed E-state index contributed by atoms with van der Waals surface area (Å²) in [5.41, 5.74) is 2.17. The Balaban J connectivity index is 2.11. The fourth-order valence-corrected chi connectivity index (χ4v) is 4.76. The molecule has 1 N–H and O–H groups in total. The van der Waals surface area contributed by atoms with Gasteiger partial charge in [-0.1, -0.05) is 32.4 Å². The second kappa shape index (κ2) is 7.70. The highest BCUT2D eigenvalue weighted by atomic mass is 19.4. The number of phenolic OH excluding ortho intramolecular Hbond substituents is 1. The van der Waals surface area contributed by atoms with E-state index in [1.54, 1.807) is 31.2 Å². The zero-order valence-electron chi connectivity index (χ0n) is 18.0. The number of hydrogen-bond acceptors (Lipinski definition) is 3. The Labute approximate surface area is 178 Å². The molecule has 3 aromatic rings. The number of nitrogens with zero attached hydrogens (tertiary/aromatic N) is 1. The number of benzene rings is 2. The summed E-state index contributed by atoms with van der Waals surface area (Å²) >= 11 is 0. The van der Waals surface area contributed by atoms with E-state index < -0.39 is 18.0 Å². The van der Waals surface area contributed by atoms with Gasteiger partial charge in [0.25, 0.3) is 0 Å². The van der Waals surface area contributed by atoms with Gasteiger partial charge in [-0.2, -0.15) is 13.2 Å². The van der Waals surface area contributed by atoms with Gasteiger partial charge in [0.1, 0.15) is 5.75 Å². The number of ether oxygens (including phenoxy) is 2. The fraction of sp³-hybridized carbons (Fsp3) is 0.417. The van der Waals surface area contributed by atoms with Crippen LogP contribution in [0.3, 0.4) is 0 Å². The standard InChI is InChI=1S/C24H26F3NO3/c1-5-6-9-28-18-12-19(29)15-10-20(30-3)21(31-4)11-16(15)22(18)14-7-8-17(24(25,26)27)13(2)23(14)28/h7-8,10-13,17,29H,5-6,9H2,1-4H3. The van der Waals surface area contributed by atoms with Crippen molar-refractivity contribution in [3.05, 3.63) is 35.5 Å². The first kappa shape index (κ1) is 21.4. The minimum atomic E-state index is -4.32. The van der Waals surface area contributed by atoms with Crippen LogP contribution in [0.15, 0.2) is 24.3 Å². The fourth-order valence-electron chi connectivity index (χ4n) is 4.76. The van der Waals surface area contributed by atoms with Gasteiger partial charge in [-0.15, -0.1) is 0 Å². The molecule has 0 bridgehead atoms. The molecule has 2 unspecified atom stereocenters. The van der Waals surface area contributed by atoms with Gasteiger partial charge in [0.05, 0.1) is 25.7 Å². The molecule has 0 radical (unpaired) electrons. The van der Waals surface area contributed by atoms with E-state index in [9.17, 15) is 18.3 Å². The zero-order chi connectivity index (χ0) is 22.5. The average Bonchev–Trinajstić information content (AvgIpc) is 3.04. The highest BCUT2D eigenvalue weighted by Crippen LogP contribution is 2.49. The summed E-state index contributed by atoms with van der Waals surface area (Å²) in [4.78, 5) is 0. The van der Waals surface area contributed by atoms with Crippen LogP contribution >= 0.6 is 0 Å². The van der Waals surface area contributed by atoms with Crippen LogP contribution in [0.4, 0.5) is 13.2 Å². The molecule has 1 heterocycles. The maximum atomic E-state index is 13.7. The lowest BCUT2D eigenvalue weighted by Gasteiger charge is -2.29. The van der Waals surface area contributed by atoms with Gasteiger partial charge in [0.2, 0.25) is 0 Å². The number of alkyl halides is 3. The summed E-state index contributed by atoms with van der Waals surface area (Å²) in [5.74, 6) is -1.25. The lowest BCUT2D eigenvalue weighted by atomic mass is 9.83. The van der Waals surface area contributed by atoms with Gasteiger partial charge in [-0.3, -0.25) is 0 Å². The number of aromatic nitrogens is 1. The third-order valence-corrected chi connectivity index (χ3v) is 6.28. The molecule has 31 heavy (non-hydrogen) atoms. The van der Waals surface area contributed by atoms with E-state index in [-0.39, 0.29) is 5.75 Å². The third-order valence-electron chi connectivity index (χ3n) is 6.28. The van der Waals surface area contributed by atoms with Gasteiger partial charge in [0, 0.05) is 40.6 Å². The lowest BCUT2D eigenvalue weighted by molar-refractivity contribution is -0.166. The van der Waals surface area contributed by atoms with Gasteiger partial charge >= 0.3 is 6.18 Å². The van der Waals surface area contributed by atoms with Crippen LogP contribution in [-0.4, -0.2) is 30.1 Å². The molecule has 1 aromatic heterocycles. The molecule has 0 saturated carbocycles. The summed E-state index contributed by atoms with van der Waals surface area (Å²) in [6.07, 6.45) is 0.266. The third kappa shape index (κ3) is 3.30. The number of rotatable bonds is 5. The topological polar surface area (TPSA) is 43.6 Å². The minimum Gasteiger partial charge on any atom is -0.507 e. The van der Waals surface area contributed by atoms with Crippen LogP contribution < -0.4 is 9.47 Å². The molecule has 2 atom stereocenters. The maximum absolute atomic E-state index is 13.7. The van der Waals surface area contributed by atoms with Crippen molar-refractivity contribution in [3.63, 3.8) is 0 Å². The number of hydrogen-bond donors (Lipinski definition) is 1. The molecule has 0 saturated heterocycles. The molecule has 4 rings (SSSR count). The quantitative estimate of drug-likeness (QED) is 0.491. The second-order valence-corrected chi connectivity index (χ2v) is 8.06. The van der Waals surface area contributed by atoms with E-state index in [0.29, 0.717) is 29.1 Å². The van der Waals surface area contributed by atoms with Gasteiger partial charge < -0.3 is 19.1 Å². The molecule has 0 aliphatic heterocycles. The zero-order valence-corrected chi connectivity index (χ0v) is 18.0. The first-order valence-corrected chi connectivity index (χ1v) is 10.4. The van der Waals surface area contributed by atoms with Crippen molar-refractivity contribution in [2.45, 2.75) is 45.3 Å². The summed E-state index contributed by atoms with van der Waals surface area (Å²) in [6.45, 7) is 4.26. The molecule has 4 nitrogen and oxygen atoms in total. The Bertz CT molecular complexity index is 1180. The van der Waals surface area contributed by atoms with Crippen molar-refractivity contribution in [2.24, 2.45) is 5.92 Å². The SMILES string of the molecule is CCCCn1c2c(c3c4cc(OC)c(OC)cc4c(O)cc31)C=CC(C(F)(F)F)C2C. The molecule has 0 amide bonds. The highest BCUT2D eigenvalue weighted by Gasteiger charge is 2.45. The average molecular weight is 433 g/mol. The first-order chi connectivity index (χ1) is 14.7. The number of phenols is 1. The summed E-state index contributed by atoms with van der Waals surface area (Å²) in [7, 11) is 3.05. The van der Waals surface area contributed by atoms with Crippen molar-refractivity contribution >= 4 is 27.8 Å². The number of aromatic hydroxyl groups is 1. The number of halogens is 3. The first-order valence-electron chi connectivity index (χ1n) is 10.4. The molecule has 7 heteroatoms. The normalized spacial score (nSPS) is 18.5. The molecule has 1 aliphatic rings. The molecule has 0 fully saturated rings. The van der Waals surface area contributed by atoms with Crippen molar-refractivity contribution in [1.82, 2.24) is 4.57 Å². The van der Waals surface area contributed by atoms with Crippen LogP contribution in [0.1, 0.15) is 43.9 Å². The van der Waals surface area contributed by atoms with Gasteiger partial charge in [-0.25, -0.2) is 0 Å². The smallest absolute Gasteiger partial charge is 0.395 e. The monoisotopic (exact) mass is 433 g/mol.